The van der Waals surface area contributed by atoms with Gasteiger partial charge in [0.05, 0.1) is 6.04 Å². The zero-order valence-electron chi connectivity index (χ0n) is 11.3. The molecule has 3 rings (SSSR count). The Hall–Kier alpha value is -1.89. The Balaban J connectivity index is 1.84. The Kier molecular flexibility index (Phi) is 3.20. The minimum absolute atomic E-state index is 0.0898. The molecular weight excluding hydrogens is 230 g/mol. The number of rotatable bonds is 2. The van der Waals surface area contributed by atoms with Gasteiger partial charge < -0.3 is 0 Å². The molecular formula is C18H19N. The second-order valence-corrected chi connectivity index (χ2v) is 5.53. The van der Waals surface area contributed by atoms with E-state index in [0.29, 0.717) is 6.04 Å². The van der Waals surface area contributed by atoms with Crippen LogP contribution in [-0.2, 0) is 5.41 Å². The van der Waals surface area contributed by atoms with Crippen molar-refractivity contribution in [2.45, 2.75) is 31.2 Å². The molecule has 2 aromatic carbocycles. The van der Waals surface area contributed by atoms with Crippen LogP contribution in [0.2, 0.25) is 0 Å². The number of hydrogen-bond acceptors (Lipinski definition) is 1. The fraction of sp³-hybridized carbons (Fsp3) is 0.278. The van der Waals surface area contributed by atoms with E-state index in [9.17, 15) is 0 Å². The summed E-state index contributed by atoms with van der Waals surface area (Å²) in [6, 6.07) is 21.6. The lowest BCUT2D eigenvalue weighted by Crippen LogP contribution is -2.28. The Morgan fingerprint density at radius 2 is 1.58 bits per heavy atom. The average Bonchev–Trinajstić information content (AvgIpc) is 2.50. The predicted octanol–water partition coefficient (Wildman–Crippen LogP) is 4.55. The molecule has 0 saturated carbocycles. The molecule has 0 bridgehead atoms. The lowest BCUT2D eigenvalue weighted by molar-refractivity contribution is 0.478. The van der Waals surface area contributed by atoms with E-state index in [0.717, 1.165) is 12.8 Å². The highest BCUT2D eigenvalue weighted by Gasteiger charge is 2.29. The summed E-state index contributed by atoms with van der Waals surface area (Å²) < 4.78 is 0. The summed E-state index contributed by atoms with van der Waals surface area (Å²) in [6.45, 7) is 2.28. The van der Waals surface area contributed by atoms with Gasteiger partial charge in [-0.2, -0.15) is 0 Å². The highest BCUT2D eigenvalue weighted by Crippen LogP contribution is 2.36. The Labute approximate surface area is 115 Å². The highest BCUT2D eigenvalue weighted by molar-refractivity contribution is 5.74. The zero-order valence-corrected chi connectivity index (χ0v) is 11.3. The summed E-state index contributed by atoms with van der Waals surface area (Å²) in [5, 5.41) is 0. The van der Waals surface area contributed by atoms with Gasteiger partial charge in [-0.3, -0.25) is 4.99 Å². The lowest BCUT2D eigenvalue weighted by Gasteiger charge is -2.32. The van der Waals surface area contributed by atoms with Gasteiger partial charge >= 0.3 is 0 Å². The van der Waals surface area contributed by atoms with Crippen molar-refractivity contribution in [1.29, 1.82) is 0 Å². The van der Waals surface area contributed by atoms with Crippen molar-refractivity contribution in [2.75, 3.05) is 0 Å². The van der Waals surface area contributed by atoms with Gasteiger partial charge in [0.25, 0.3) is 0 Å². The summed E-state index contributed by atoms with van der Waals surface area (Å²) in [5.41, 5.74) is 2.78. The predicted molar refractivity (Wildman–Crippen MR) is 80.7 cm³/mol. The molecule has 19 heavy (non-hydrogen) atoms. The third kappa shape index (κ3) is 2.46. The SMILES string of the molecule is C[C@]1(c2ccccc2)C=N[C@H](c2ccccc2)CC1. The van der Waals surface area contributed by atoms with Crippen LogP contribution >= 0.6 is 0 Å². The first-order valence-corrected chi connectivity index (χ1v) is 6.93. The van der Waals surface area contributed by atoms with E-state index in [4.69, 9.17) is 4.99 Å². The summed E-state index contributed by atoms with van der Waals surface area (Å²) in [7, 11) is 0. The molecule has 1 aliphatic rings. The molecule has 0 radical (unpaired) electrons. The number of nitrogens with zero attached hydrogens (tertiary/aromatic N) is 1. The van der Waals surface area contributed by atoms with Crippen LogP contribution < -0.4 is 0 Å². The van der Waals surface area contributed by atoms with E-state index in [1.807, 2.05) is 0 Å². The van der Waals surface area contributed by atoms with E-state index >= 15 is 0 Å². The molecule has 0 N–H and O–H groups in total. The quantitative estimate of drug-likeness (QED) is 0.740. The summed E-state index contributed by atoms with van der Waals surface area (Å²) >= 11 is 0. The van der Waals surface area contributed by atoms with Crippen molar-refractivity contribution in [3.8, 4) is 0 Å². The van der Waals surface area contributed by atoms with Crippen molar-refractivity contribution in [1.82, 2.24) is 0 Å². The second kappa shape index (κ2) is 5.00. The van der Waals surface area contributed by atoms with Gasteiger partial charge in [-0.05, 0) is 24.0 Å². The molecule has 1 aliphatic heterocycles. The second-order valence-electron chi connectivity index (χ2n) is 5.53. The number of hydrogen-bond donors (Lipinski definition) is 0. The number of benzene rings is 2. The van der Waals surface area contributed by atoms with Crippen molar-refractivity contribution < 1.29 is 0 Å². The van der Waals surface area contributed by atoms with Crippen molar-refractivity contribution >= 4 is 6.21 Å². The van der Waals surface area contributed by atoms with Crippen molar-refractivity contribution in [3.05, 3.63) is 71.8 Å². The monoisotopic (exact) mass is 249 g/mol. The summed E-state index contributed by atoms with van der Waals surface area (Å²) in [6.07, 6.45) is 4.43. The maximum absolute atomic E-state index is 4.80. The first kappa shape index (κ1) is 12.2. The van der Waals surface area contributed by atoms with Gasteiger partial charge in [-0.25, -0.2) is 0 Å². The normalized spacial score (nSPS) is 26.3. The zero-order chi connectivity index (χ0) is 13.1. The molecule has 0 amide bonds. The Morgan fingerprint density at radius 3 is 2.16 bits per heavy atom. The van der Waals surface area contributed by atoms with Crippen LogP contribution in [0.1, 0.15) is 36.9 Å². The van der Waals surface area contributed by atoms with Crippen LogP contribution in [0.3, 0.4) is 0 Å². The molecule has 0 spiro atoms. The molecule has 1 nitrogen and oxygen atoms in total. The van der Waals surface area contributed by atoms with Gasteiger partial charge in [0, 0.05) is 11.6 Å². The maximum Gasteiger partial charge on any atom is 0.0745 e. The minimum Gasteiger partial charge on any atom is -0.289 e. The first-order chi connectivity index (χ1) is 9.28. The van der Waals surface area contributed by atoms with Crippen LogP contribution in [-0.4, -0.2) is 6.21 Å². The first-order valence-electron chi connectivity index (χ1n) is 6.93. The van der Waals surface area contributed by atoms with Crippen molar-refractivity contribution in [2.24, 2.45) is 4.99 Å². The van der Waals surface area contributed by atoms with E-state index < -0.39 is 0 Å². The molecule has 1 heterocycles. The van der Waals surface area contributed by atoms with E-state index in [1.54, 1.807) is 0 Å². The third-order valence-electron chi connectivity index (χ3n) is 4.09. The largest absolute Gasteiger partial charge is 0.289 e. The van der Waals surface area contributed by atoms with E-state index in [-0.39, 0.29) is 5.41 Å². The van der Waals surface area contributed by atoms with Gasteiger partial charge in [0.1, 0.15) is 0 Å². The summed E-state index contributed by atoms with van der Waals surface area (Å²) in [4.78, 5) is 4.80. The Morgan fingerprint density at radius 1 is 0.947 bits per heavy atom. The fourth-order valence-electron chi connectivity index (χ4n) is 2.80. The van der Waals surface area contributed by atoms with Crippen LogP contribution in [0.25, 0.3) is 0 Å². The van der Waals surface area contributed by atoms with Crippen LogP contribution in [0.4, 0.5) is 0 Å². The van der Waals surface area contributed by atoms with Crippen LogP contribution in [0.15, 0.2) is 65.7 Å². The molecule has 96 valence electrons. The van der Waals surface area contributed by atoms with Crippen LogP contribution in [0, 0.1) is 0 Å². The molecule has 2 aromatic rings. The summed E-state index contributed by atoms with van der Waals surface area (Å²) in [5.74, 6) is 0. The van der Waals surface area contributed by atoms with Crippen molar-refractivity contribution in [3.63, 3.8) is 0 Å². The minimum atomic E-state index is 0.0898. The maximum atomic E-state index is 4.80. The molecule has 0 aromatic heterocycles. The molecule has 0 saturated heterocycles. The number of aliphatic imine (C=N–C) groups is 1. The van der Waals surface area contributed by atoms with Gasteiger partial charge in [-0.15, -0.1) is 0 Å². The Bertz CT molecular complexity index is 559. The topological polar surface area (TPSA) is 12.4 Å². The van der Waals surface area contributed by atoms with Gasteiger partial charge in [0.15, 0.2) is 0 Å². The molecule has 1 heteroatoms. The van der Waals surface area contributed by atoms with E-state index in [1.165, 1.54) is 11.1 Å². The average molecular weight is 249 g/mol. The fourth-order valence-corrected chi connectivity index (χ4v) is 2.80. The smallest absolute Gasteiger partial charge is 0.0745 e. The van der Waals surface area contributed by atoms with Crippen LogP contribution in [0.5, 0.6) is 0 Å². The van der Waals surface area contributed by atoms with Gasteiger partial charge in [0.2, 0.25) is 0 Å². The molecule has 2 atom stereocenters. The molecule has 0 fully saturated rings. The molecule has 0 unspecified atom stereocenters. The lowest BCUT2D eigenvalue weighted by atomic mass is 9.76. The molecule has 0 aliphatic carbocycles. The van der Waals surface area contributed by atoms with Gasteiger partial charge in [-0.1, -0.05) is 67.6 Å². The standard InChI is InChI=1S/C18H19N/c1-18(16-10-6-3-7-11-16)13-12-17(19-14-18)15-8-4-2-5-9-15/h2-11,14,17H,12-13H2,1H3/t17-,18+/m0/s1. The third-order valence-corrected chi connectivity index (χ3v) is 4.09. The highest BCUT2D eigenvalue weighted by atomic mass is 14.8. The van der Waals surface area contributed by atoms with E-state index in [2.05, 4.69) is 73.8 Å².